The van der Waals surface area contributed by atoms with Gasteiger partial charge in [-0.25, -0.2) is 4.99 Å². The molecule has 6 nitrogen and oxygen atoms in total. The van der Waals surface area contributed by atoms with Gasteiger partial charge in [0, 0.05) is 38.4 Å². The smallest absolute Gasteiger partial charge is 0.224 e. The Morgan fingerprint density at radius 1 is 1.15 bits per heavy atom. The second-order valence-electron chi connectivity index (χ2n) is 6.02. The van der Waals surface area contributed by atoms with Crippen molar-refractivity contribution in [2.24, 2.45) is 4.99 Å². The number of nitrogens with one attached hydrogen (secondary N) is 3. The fraction of sp³-hybridized carbons (Fsp3) is 0.600. The summed E-state index contributed by atoms with van der Waals surface area (Å²) in [6.07, 6.45) is 3.47. The van der Waals surface area contributed by atoms with E-state index in [4.69, 9.17) is 4.74 Å². The molecule has 0 atom stereocenters. The maximum absolute atomic E-state index is 11.7. The monoisotopic (exact) mass is 362 g/mol. The van der Waals surface area contributed by atoms with Crippen LogP contribution in [-0.2, 0) is 16.1 Å². The first-order chi connectivity index (χ1) is 12.7. The molecule has 1 aromatic carbocycles. The molecule has 0 saturated carbocycles. The number of carbonyl (C=O) groups excluding carboxylic acids is 1. The van der Waals surface area contributed by atoms with Crippen LogP contribution < -0.4 is 16.0 Å². The highest BCUT2D eigenvalue weighted by Crippen LogP contribution is 2.12. The third-order valence-corrected chi connectivity index (χ3v) is 3.66. The van der Waals surface area contributed by atoms with Gasteiger partial charge in [-0.05, 0) is 50.8 Å². The summed E-state index contributed by atoms with van der Waals surface area (Å²) in [7, 11) is 0. The molecule has 1 rings (SSSR count). The molecule has 26 heavy (non-hydrogen) atoms. The molecular formula is C20H34N4O2. The molecule has 0 aliphatic rings. The van der Waals surface area contributed by atoms with Crippen molar-refractivity contribution in [1.82, 2.24) is 10.6 Å². The number of anilines is 1. The van der Waals surface area contributed by atoms with Crippen molar-refractivity contribution in [3.05, 3.63) is 29.8 Å². The van der Waals surface area contributed by atoms with Crippen molar-refractivity contribution in [3.63, 3.8) is 0 Å². The number of guanidine groups is 1. The van der Waals surface area contributed by atoms with Crippen LogP contribution in [0, 0.1) is 0 Å². The molecule has 0 aliphatic carbocycles. The lowest BCUT2D eigenvalue weighted by molar-refractivity contribution is -0.116. The van der Waals surface area contributed by atoms with Gasteiger partial charge in [0.1, 0.15) is 0 Å². The molecule has 1 aromatic rings. The summed E-state index contributed by atoms with van der Waals surface area (Å²) in [4.78, 5) is 16.3. The number of nitrogens with zero attached hydrogens (tertiary/aromatic N) is 1. The lowest BCUT2D eigenvalue weighted by Gasteiger charge is -2.11. The third-order valence-electron chi connectivity index (χ3n) is 3.66. The molecule has 146 valence electrons. The molecule has 0 unspecified atom stereocenters. The molecule has 6 heteroatoms. The zero-order chi connectivity index (χ0) is 19.0. The van der Waals surface area contributed by atoms with Crippen molar-refractivity contribution < 1.29 is 9.53 Å². The molecular weight excluding hydrogens is 328 g/mol. The van der Waals surface area contributed by atoms with Crippen LogP contribution in [0.15, 0.2) is 29.3 Å². The Balaban J connectivity index is 2.50. The molecule has 0 heterocycles. The van der Waals surface area contributed by atoms with E-state index in [0.717, 1.165) is 62.8 Å². The van der Waals surface area contributed by atoms with Crippen molar-refractivity contribution in [3.8, 4) is 0 Å². The lowest BCUT2D eigenvalue weighted by Crippen LogP contribution is -2.37. The van der Waals surface area contributed by atoms with E-state index in [2.05, 4.69) is 27.9 Å². The van der Waals surface area contributed by atoms with Gasteiger partial charge in [-0.3, -0.25) is 4.79 Å². The summed E-state index contributed by atoms with van der Waals surface area (Å²) in [5, 5.41) is 9.53. The minimum atomic E-state index is 0.0511. The Morgan fingerprint density at radius 2 is 2.00 bits per heavy atom. The van der Waals surface area contributed by atoms with Crippen molar-refractivity contribution in [2.45, 2.75) is 53.0 Å². The van der Waals surface area contributed by atoms with Gasteiger partial charge in [0.25, 0.3) is 0 Å². The number of hydrogen-bond acceptors (Lipinski definition) is 3. The average molecular weight is 363 g/mol. The maximum atomic E-state index is 11.7. The van der Waals surface area contributed by atoms with E-state index in [1.165, 1.54) is 0 Å². The highest BCUT2D eigenvalue weighted by molar-refractivity contribution is 5.90. The standard InChI is InChI=1S/C20H34N4O2/c1-4-10-19(25)24-18-12-9-11-17(15-18)16-23-20(21-5-2)22-13-7-8-14-26-6-3/h9,11-12,15H,4-8,10,13-14,16H2,1-3H3,(H,24,25)(H2,21,22,23). The molecule has 0 aliphatic heterocycles. The fourth-order valence-corrected chi connectivity index (χ4v) is 2.39. The Morgan fingerprint density at radius 3 is 2.73 bits per heavy atom. The Hall–Kier alpha value is -2.08. The van der Waals surface area contributed by atoms with E-state index >= 15 is 0 Å². The average Bonchev–Trinajstić information content (AvgIpc) is 2.63. The van der Waals surface area contributed by atoms with Crippen LogP contribution in [0.2, 0.25) is 0 Å². The lowest BCUT2D eigenvalue weighted by atomic mass is 10.2. The van der Waals surface area contributed by atoms with Crippen LogP contribution in [0.3, 0.4) is 0 Å². The van der Waals surface area contributed by atoms with E-state index in [1.54, 1.807) is 0 Å². The minimum Gasteiger partial charge on any atom is -0.382 e. The van der Waals surface area contributed by atoms with E-state index < -0.39 is 0 Å². The molecule has 0 radical (unpaired) electrons. The van der Waals surface area contributed by atoms with Gasteiger partial charge in [-0.1, -0.05) is 19.1 Å². The van der Waals surface area contributed by atoms with E-state index in [0.29, 0.717) is 13.0 Å². The van der Waals surface area contributed by atoms with Gasteiger partial charge in [0.05, 0.1) is 6.54 Å². The topological polar surface area (TPSA) is 74.8 Å². The predicted molar refractivity (Wildman–Crippen MR) is 109 cm³/mol. The molecule has 3 N–H and O–H groups in total. The van der Waals surface area contributed by atoms with Gasteiger partial charge in [0.15, 0.2) is 5.96 Å². The highest BCUT2D eigenvalue weighted by Gasteiger charge is 2.02. The van der Waals surface area contributed by atoms with Crippen molar-refractivity contribution >= 4 is 17.6 Å². The minimum absolute atomic E-state index is 0.0511. The number of hydrogen-bond donors (Lipinski definition) is 3. The van der Waals surface area contributed by atoms with E-state index in [-0.39, 0.29) is 5.91 Å². The highest BCUT2D eigenvalue weighted by atomic mass is 16.5. The zero-order valence-corrected chi connectivity index (χ0v) is 16.4. The molecule has 1 amide bonds. The Labute approximate surface area is 157 Å². The van der Waals surface area contributed by atoms with Crippen LogP contribution in [0.5, 0.6) is 0 Å². The number of carbonyl (C=O) groups is 1. The largest absolute Gasteiger partial charge is 0.382 e. The first-order valence-electron chi connectivity index (χ1n) is 9.68. The summed E-state index contributed by atoms with van der Waals surface area (Å²) in [5.41, 5.74) is 1.89. The molecule has 0 bridgehead atoms. The Bertz CT molecular complexity index is 546. The second kappa shape index (κ2) is 14.1. The first kappa shape index (κ1) is 22.0. The molecule has 0 spiro atoms. The van der Waals surface area contributed by atoms with Crippen LogP contribution in [-0.4, -0.2) is 38.2 Å². The van der Waals surface area contributed by atoms with Crippen LogP contribution in [0.4, 0.5) is 5.69 Å². The quantitative estimate of drug-likeness (QED) is 0.303. The SMILES string of the molecule is CCCC(=O)Nc1cccc(CN=C(NCC)NCCCCOCC)c1. The van der Waals surface area contributed by atoms with Gasteiger partial charge in [0.2, 0.25) is 5.91 Å². The van der Waals surface area contributed by atoms with Gasteiger partial charge in [-0.2, -0.15) is 0 Å². The number of aliphatic imine (C=N–C) groups is 1. The van der Waals surface area contributed by atoms with Gasteiger partial charge in [-0.15, -0.1) is 0 Å². The van der Waals surface area contributed by atoms with Crippen molar-refractivity contribution in [2.75, 3.05) is 31.6 Å². The second-order valence-corrected chi connectivity index (χ2v) is 6.02. The van der Waals surface area contributed by atoms with Crippen LogP contribution in [0.1, 0.15) is 52.0 Å². The van der Waals surface area contributed by atoms with E-state index in [1.807, 2.05) is 38.1 Å². The normalized spacial score (nSPS) is 11.3. The summed E-state index contributed by atoms with van der Waals surface area (Å²) < 4.78 is 5.34. The number of benzene rings is 1. The predicted octanol–water partition coefficient (Wildman–Crippen LogP) is 3.30. The van der Waals surface area contributed by atoms with Gasteiger partial charge >= 0.3 is 0 Å². The maximum Gasteiger partial charge on any atom is 0.224 e. The van der Waals surface area contributed by atoms with Crippen LogP contribution in [0.25, 0.3) is 0 Å². The third kappa shape index (κ3) is 10.0. The molecule has 0 saturated heterocycles. The first-order valence-corrected chi connectivity index (χ1v) is 9.68. The number of rotatable bonds is 12. The van der Waals surface area contributed by atoms with Crippen molar-refractivity contribution in [1.29, 1.82) is 0 Å². The van der Waals surface area contributed by atoms with Crippen LogP contribution >= 0.6 is 0 Å². The molecule has 0 fully saturated rings. The number of unbranched alkanes of at least 4 members (excludes halogenated alkanes) is 1. The summed E-state index contributed by atoms with van der Waals surface area (Å²) in [5.74, 6) is 0.861. The summed E-state index contributed by atoms with van der Waals surface area (Å²) >= 11 is 0. The number of ether oxygens (including phenoxy) is 1. The zero-order valence-electron chi connectivity index (χ0n) is 16.4. The summed E-state index contributed by atoms with van der Waals surface area (Å²) in [6.45, 7) is 9.89. The van der Waals surface area contributed by atoms with Gasteiger partial charge < -0.3 is 20.7 Å². The number of amides is 1. The summed E-state index contributed by atoms with van der Waals surface area (Å²) in [6, 6.07) is 7.84. The fourth-order valence-electron chi connectivity index (χ4n) is 2.39. The van der Waals surface area contributed by atoms with E-state index in [9.17, 15) is 4.79 Å². The molecule has 0 aromatic heterocycles. The Kier molecular flexibility index (Phi) is 11.9.